The number of ether oxygens (including phenoxy) is 1. The number of morpholine rings is 1. The fourth-order valence-corrected chi connectivity index (χ4v) is 4.54. The summed E-state index contributed by atoms with van der Waals surface area (Å²) < 4.78 is 6.15. The molecule has 2 saturated heterocycles. The van der Waals surface area contributed by atoms with Gasteiger partial charge in [-0.1, -0.05) is 44.2 Å². The highest BCUT2D eigenvalue weighted by Crippen LogP contribution is 2.24. The molecule has 2 heterocycles. The summed E-state index contributed by atoms with van der Waals surface area (Å²) >= 11 is 0. The zero-order chi connectivity index (χ0) is 21.2. The summed E-state index contributed by atoms with van der Waals surface area (Å²) in [6.07, 6.45) is 2.63. The molecule has 0 bridgehead atoms. The molecule has 0 amide bonds. The van der Waals surface area contributed by atoms with Crippen LogP contribution in [0.25, 0.3) is 0 Å². The maximum absolute atomic E-state index is 6.15. The van der Waals surface area contributed by atoms with Crippen LogP contribution in [-0.2, 0) is 11.3 Å². The fourth-order valence-electron chi connectivity index (χ4n) is 4.54. The van der Waals surface area contributed by atoms with Crippen molar-refractivity contribution in [2.45, 2.75) is 52.3 Å². The van der Waals surface area contributed by atoms with Gasteiger partial charge in [0.2, 0.25) is 0 Å². The van der Waals surface area contributed by atoms with E-state index in [0.717, 1.165) is 71.3 Å². The first-order valence-electron chi connectivity index (χ1n) is 11.9. The van der Waals surface area contributed by atoms with Crippen LogP contribution >= 0.6 is 24.0 Å². The summed E-state index contributed by atoms with van der Waals surface area (Å²) in [5, 5.41) is 3.51. The Morgan fingerprint density at radius 3 is 2.61 bits per heavy atom. The minimum atomic E-state index is 0. The highest BCUT2D eigenvalue weighted by Gasteiger charge is 2.41. The van der Waals surface area contributed by atoms with Crippen molar-refractivity contribution >= 4 is 29.9 Å². The molecule has 2 aliphatic heterocycles. The average molecular weight is 544 g/mol. The van der Waals surface area contributed by atoms with Crippen LogP contribution in [-0.4, -0.2) is 91.8 Å². The Kier molecular flexibility index (Phi) is 12.1. The molecule has 2 fully saturated rings. The van der Waals surface area contributed by atoms with Crippen LogP contribution < -0.4 is 5.32 Å². The van der Waals surface area contributed by atoms with Crippen molar-refractivity contribution in [1.82, 2.24) is 20.0 Å². The number of halogens is 1. The molecule has 0 saturated carbocycles. The largest absolute Gasteiger partial charge is 0.373 e. The number of guanidine groups is 1. The Hall–Kier alpha value is -0.900. The standard InChI is InChI=1S/C24H41N5O.HI/c1-4-25-24(26-14-10-11-15-27(5-2)6-3)29-19-22-23(20-29)30-17-16-28(22)18-21-12-8-7-9-13-21;/h7-9,12-13,22-23H,4-6,10-11,14-20H2,1-3H3,(H,25,26);1H. The summed E-state index contributed by atoms with van der Waals surface area (Å²) in [6.45, 7) is 16.6. The number of nitrogens with one attached hydrogen (secondary N) is 1. The van der Waals surface area contributed by atoms with Gasteiger partial charge in [-0.05, 0) is 45.0 Å². The first kappa shape index (κ1) is 26.4. The van der Waals surface area contributed by atoms with Crippen LogP contribution in [0.3, 0.4) is 0 Å². The van der Waals surface area contributed by atoms with E-state index in [1.807, 2.05) is 0 Å². The first-order valence-corrected chi connectivity index (χ1v) is 11.9. The zero-order valence-corrected chi connectivity index (χ0v) is 22.0. The SMILES string of the molecule is CCNC(=NCCCCN(CC)CC)N1CC2OCCN(Cc3ccccc3)C2C1.I. The van der Waals surface area contributed by atoms with Crippen LogP contribution in [0.1, 0.15) is 39.2 Å². The molecule has 2 unspecified atom stereocenters. The molecule has 1 aromatic carbocycles. The number of fused-ring (bicyclic) bond motifs is 1. The Bertz CT molecular complexity index is 640. The zero-order valence-electron chi connectivity index (χ0n) is 19.6. The van der Waals surface area contributed by atoms with Gasteiger partial charge in [0.1, 0.15) is 0 Å². The number of likely N-dealkylation sites (tertiary alicyclic amines) is 1. The van der Waals surface area contributed by atoms with Crippen LogP contribution in [0.2, 0.25) is 0 Å². The van der Waals surface area contributed by atoms with E-state index in [1.54, 1.807) is 0 Å². The smallest absolute Gasteiger partial charge is 0.194 e. The van der Waals surface area contributed by atoms with Crippen LogP contribution in [0.4, 0.5) is 0 Å². The maximum atomic E-state index is 6.15. The predicted molar refractivity (Wildman–Crippen MR) is 140 cm³/mol. The minimum Gasteiger partial charge on any atom is -0.373 e. The van der Waals surface area contributed by atoms with Crippen LogP contribution in [0.15, 0.2) is 35.3 Å². The van der Waals surface area contributed by atoms with Crippen molar-refractivity contribution in [3.63, 3.8) is 0 Å². The number of rotatable bonds is 10. The second-order valence-corrected chi connectivity index (χ2v) is 8.31. The lowest BCUT2D eigenvalue weighted by Gasteiger charge is -2.36. The van der Waals surface area contributed by atoms with E-state index in [2.05, 4.69) is 71.1 Å². The number of benzene rings is 1. The molecule has 0 radical (unpaired) electrons. The maximum Gasteiger partial charge on any atom is 0.194 e. The molecule has 2 atom stereocenters. The first-order chi connectivity index (χ1) is 14.7. The second-order valence-electron chi connectivity index (χ2n) is 8.31. The van der Waals surface area contributed by atoms with Crippen molar-refractivity contribution in [3.05, 3.63) is 35.9 Å². The van der Waals surface area contributed by atoms with E-state index in [4.69, 9.17) is 9.73 Å². The van der Waals surface area contributed by atoms with Gasteiger partial charge >= 0.3 is 0 Å². The van der Waals surface area contributed by atoms with Gasteiger partial charge in [-0.2, -0.15) is 0 Å². The molecule has 2 aliphatic rings. The topological polar surface area (TPSA) is 43.3 Å². The van der Waals surface area contributed by atoms with Crippen molar-refractivity contribution in [3.8, 4) is 0 Å². The number of nitrogens with zero attached hydrogens (tertiary/aromatic N) is 4. The fraction of sp³-hybridized carbons (Fsp3) is 0.708. The molecular formula is C24H42IN5O. The molecule has 0 aliphatic carbocycles. The van der Waals surface area contributed by atoms with Gasteiger partial charge in [0, 0.05) is 39.3 Å². The molecule has 0 aromatic heterocycles. The van der Waals surface area contributed by atoms with Gasteiger partial charge < -0.3 is 19.9 Å². The van der Waals surface area contributed by atoms with Gasteiger partial charge in [-0.15, -0.1) is 24.0 Å². The highest BCUT2D eigenvalue weighted by molar-refractivity contribution is 14.0. The van der Waals surface area contributed by atoms with E-state index in [9.17, 15) is 0 Å². The van der Waals surface area contributed by atoms with Crippen molar-refractivity contribution in [2.75, 3.05) is 59.0 Å². The summed E-state index contributed by atoms with van der Waals surface area (Å²) in [4.78, 5) is 12.4. The van der Waals surface area contributed by atoms with Gasteiger partial charge in [0.25, 0.3) is 0 Å². The Morgan fingerprint density at radius 1 is 1.13 bits per heavy atom. The van der Waals surface area contributed by atoms with E-state index < -0.39 is 0 Å². The number of unbranched alkanes of at least 4 members (excludes halogenated alkanes) is 1. The molecule has 7 heteroatoms. The van der Waals surface area contributed by atoms with E-state index >= 15 is 0 Å². The van der Waals surface area contributed by atoms with Gasteiger partial charge in [0.15, 0.2) is 5.96 Å². The van der Waals surface area contributed by atoms with Gasteiger partial charge in [0.05, 0.1) is 18.8 Å². The van der Waals surface area contributed by atoms with Crippen molar-refractivity contribution in [2.24, 2.45) is 4.99 Å². The average Bonchev–Trinajstić information content (AvgIpc) is 3.21. The third-order valence-corrected chi connectivity index (χ3v) is 6.32. The Labute approximate surface area is 206 Å². The summed E-state index contributed by atoms with van der Waals surface area (Å²) in [7, 11) is 0. The van der Waals surface area contributed by atoms with E-state index in [1.165, 1.54) is 18.5 Å². The molecule has 6 nitrogen and oxygen atoms in total. The summed E-state index contributed by atoms with van der Waals surface area (Å²) in [6, 6.07) is 11.2. The van der Waals surface area contributed by atoms with E-state index in [-0.39, 0.29) is 30.1 Å². The second kappa shape index (κ2) is 14.3. The highest BCUT2D eigenvalue weighted by atomic mass is 127. The normalized spacial score (nSPS) is 21.8. The monoisotopic (exact) mass is 543 g/mol. The quantitative estimate of drug-likeness (QED) is 0.213. The number of aliphatic imine (C=N–C) groups is 1. The summed E-state index contributed by atoms with van der Waals surface area (Å²) in [5.41, 5.74) is 1.38. The van der Waals surface area contributed by atoms with Crippen LogP contribution in [0, 0.1) is 0 Å². The van der Waals surface area contributed by atoms with E-state index in [0.29, 0.717) is 6.04 Å². The lowest BCUT2D eigenvalue weighted by molar-refractivity contribution is -0.0502. The third kappa shape index (κ3) is 7.87. The van der Waals surface area contributed by atoms with Crippen LogP contribution in [0.5, 0.6) is 0 Å². The molecular weight excluding hydrogens is 501 g/mol. The molecule has 1 N–H and O–H groups in total. The molecule has 1 aromatic rings. The minimum absolute atomic E-state index is 0. The predicted octanol–water partition coefficient (Wildman–Crippen LogP) is 3.28. The molecule has 3 rings (SSSR count). The van der Waals surface area contributed by atoms with Crippen molar-refractivity contribution in [1.29, 1.82) is 0 Å². The summed E-state index contributed by atoms with van der Waals surface area (Å²) in [5.74, 6) is 1.05. The lowest BCUT2D eigenvalue weighted by atomic mass is 10.1. The molecule has 31 heavy (non-hydrogen) atoms. The molecule has 176 valence electrons. The Balaban J connectivity index is 0.00000341. The van der Waals surface area contributed by atoms with Gasteiger partial charge in [-0.25, -0.2) is 0 Å². The third-order valence-electron chi connectivity index (χ3n) is 6.32. The Morgan fingerprint density at radius 2 is 1.90 bits per heavy atom. The lowest BCUT2D eigenvalue weighted by Crippen LogP contribution is -2.50. The van der Waals surface area contributed by atoms with Crippen molar-refractivity contribution < 1.29 is 4.74 Å². The number of hydrogen-bond acceptors (Lipinski definition) is 4. The van der Waals surface area contributed by atoms with Gasteiger partial charge in [-0.3, -0.25) is 9.89 Å². The molecule has 0 spiro atoms. The number of hydrogen-bond donors (Lipinski definition) is 1.